The Bertz CT molecular complexity index is 580. The highest BCUT2D eigenvalue weighted by molar-refractivity contribution is 14.1. The first-order valence-electron chi connectivity index (χ1n) is 7.47. The molecule has 1 heterocycles. The largest absolute Gasteiger partial charge is 0.493 e. The molecule has 0 unspecified atom stereocenters. The molecular weight excluding hydrogens is 431 g/mol. The SMILES string of the molecule is COc1cc(C)c(I)c(O[C@@H]2O[C@@H](C)[C@H](O)[C@@H](OC)[C@H]2O)c1OC. The van der Waals surface area contributed by atoms with Gasteiger partial charge in [-0.2, -0.15) is 0 Å². The van der Waals surface area contributed by atoms with Gasteiger partial charge in [-0.15, -0.1) is 0 Å². The molecule has 0 saturated carbocycles. The summed E-state index contributed by atoms with van der Waals surface area (Å²) in [6, 6.07) is 1.84. The van der Waals surface area contributed by atoms with Gasteiger partial charge >= 0.3 is 0 Å². The van der Waals surface area contributed by atoms with Gasteiger partial charge in [-0.25, -0.2) is 0 Å². The number of hydrogen-bond donors (Lipinski definition) is 2. The molecule has 0 bridgehead atoms. The molecule has 5 atom stereocenters. The number of methoxy groups -OCH3 is 3. The zero-order valence-electron chi connectivity index (χ0n) is 14.3. The van der Waals surface area contributed by atoms with Crippen LogP contribution in [-0.4, -0.2) is 62.2 Å². The number of hydrogen-bond acceptors (Lipinski definition) is 7. The fourth-order valence-electron chi connectivity index (χ4n) is 2.66. The highest BCUT2D eigenvalue weighted by atomic mass is 127. The highest BCUT2D eigenvalue weighted by Gasteiger charge is 2.45. The summed E-state index contributed by atoms with van der Waals surface area (Å²) < 4.78 is 28.3. The highest BCUT2D eigenvalue weighted by Crippen LogP contribution is 2.43. The Balaban J connectivity index is 2.38. The lowest BCUT2D eigenvalue weighted by molar-refractivity contribution is -0.273. The van der Waals surface area contributed by atoms with E-state index in [-0.39, 0.29) is 0 Å². The van der Waals surface area contributed by atoms with Crippen LogP contribution in [0.2, 0.25) is 0 Å². The minimum absolute atomic E-state index is 0.413. The minimum atomic E-state index is -1.16. The van der Waals surface area contributed by atoms with Gasteiger partial charge in [0.1, 0.15) is 18.3 Å². The van der Waals surface area contributed by atoms with Crippen molar-refractivity contribution in [2.75, 3.05) is 21.3 Å². The maximum Gasteiger partial charge on any atom is 0.229 e. The molecule has 0 aliphatic carbocycles. The molecular formula is C16H23IO7. The fraction of sp³-hybridized carbons (Fsp3) is 0.625. The molecule has 1 aromatic carbocycles. The molecule has 24 heavy (non-hydrogen) atoms. The van der Waals surface area contributed by atoms with E-state index in [4.69, 9.17) is 23.7 Å². The topological polar surface area (TPSA) is 86.6 Å². The molecule has 1 fully saturated rings. The molecule has 136 valence electrons. The van der Waals surface area contributed by atoms with Crippen molar-refractivity contribution in [1.82, 2.24) is 0 Å². The summed E-state index contributed by atoms with van der Waals surface area (Å²) in [5.74, 6) is 1.35. The van der Waals surface area contributed by atoms with Crippen LogP contribution in [0.15, 0.2) is 6.07 Å². The molecule has 1 aliphatic heterocycles. The van der Waals surface area contributed by atoms with Crippen LogP contribution < -0.4 is 14.2 Å². The molecule has 0 aromatic heterocycles. The first-order valence-corrected chi connectivity index (χ1v) is 8.55. The molecule has 1 aliphatic rings. The van der Waals surface area contributed by atoms with Crippen molar-refractivity contribution < 1.29 is 33.9 Å². The van der Waals surface area contributed by atoms with Gasteiger partial charge in [0.2, 0.25) is 12.0 Å². The van der Waals surface area contributed by atoms with E-state index in [9.17, 15) is 10.2 Å². The third-order valence-electron chi connectivity index (χ3n) is 4.04. The molecule has 0 radical (unpaired) electrons. The van der Waals surface area contributed by atoms with Gasteiger partial charge < -0.3 is 33.9 Å². The quantitative estimate of drug-likeness (QED) is 0.652. The van der Waals surface area contributed by atoms with Crippen LogP contribution in [0.4, 0.5) is 0 Å². The number of rotatable bonds is 5. The maximum absolute atomic E-state index is 10.4. The standard InChI is InChI=1S/C16H23IO7/c1-7-6-9(20-3)13(21-4)14(10(7)17)24-16-12(19)15(22-5)11(18)8(2)23-16/h6,8,11-12,15-16,18-19H,1-5H3/t8-,11-,12+,15+,16-/m0/s1. The molecule has 8 heteroatoms. The van der Waals surface area contributed by atoms with E-state index < -0.39 is 30.7 Å². The van der Waals surface area contributed by atoms with Crippen LogP contribution in [0.1, 0.15) is 12.5 Å². The summed E-state index contributed by atoms with van der Waals surface area (Å²) in [7, 11) is 4.48. The van der Waals surface area contributed by atoms with E-state index in [1.165, 1.54) is 14.2 Å². The number of aryl methyl sites for hydroxylation is 1. The van der Waals surface area contributed by atoms with Gasteiger partial charge in [0, 0.05) is 7.11 Å². The average Bonchev–Trinajstić information content (AvgIpc) is 2.56. The summed E-state index contributed by atoms with van der Waals surface area (Å²) in [6.07, 6.45) is -4.49. The number of aliphatic hydroxyl groups is 2. The second-order valence-electron chi connectivity index (χ2n) is 5.58. The Labute approximate surface area is 154 Å². The van der Waals surface area contributed by atoms with E-state index in [2.05, 4.69) is 22.6 Å². The van der Waals surface area contributed by atoms with E-state index in [1.54, 1.807) is 14.0 Å². The predicted octanol–water partition coefficient (Wildman–Crippen LogP) is 1.48. The lowest BCUT2D eigenvalue weighted by Gasteiger charge is -2.40. The van der Waals surface area contributed by atoms with Crippen molar-refractivity contribution in [2.45, 2.75) is 44.6 Å². The second kappa shape index (κ2) is 8.05. The van der Waals surface area contributed by atoms with Crippen molar-refractivity contribution in [2.24, 2.45) is 0 Å². The number of benzene rings is 1. The van der Waals surface area contributed by atoms with Gasteiger partial charge in [0.05, 0.1) is 23.9 Å². The molecule has 2 rings (SSSR count). The summed E-state index contributed by atoms with van der Waals surface area (Å²) in [5.41, 5.74) is 0.935. The first kappa shape index (κ1) is 19.5. The summed E-state index contributed by atoms with van der Waals surface area (Å²) in [5, 5.41) is 20.5. The van der Waals surface area contributed by atoms with E-state index in [0.717, 1.165) is 9.13 Å². The van der Waals surface area contributed by atoms with Gasteiger partial charge in [0.15, 0.2) is 11.5 Å². The number of halogens is 1. The molecule has 2 N–H and O–H groups in total. The lowest BCUT2D eigenvalue weighted by Crippen LogP contribution is -2.59. The van der Waals surface area contributed by atoms with E-state index in [0.29, 0.717) is 17.2 Å². The Morgan fingerprint density at radius 3 is 2.29 bits per heavy atom. The predicted molar refractivity (Wildman–Crippen MR) is 94.8 cm³/mol. The third-order valence-corrected chi connectivity index (χ3v) is 5.38. The maximum atomic E-state index is 10.4. The van der Waals surface area contributed by atoms with Crippen LogP contribution in [-0.2, 0) is 9.47 Å². The molecule has 0 spiro atoms. The van der Waals surface area contributed by atoms with E-state index >= 15 is 0 Å². The van der Waals surface area contributed by atoms with Crippen LogP contribution in [0.5, 0.6) is 17.2 Å². The summed E-state index contributed by atoms with van der Waals surface area (Å²) in [4.78, 5) is 0. The molecule has 0 amide bonds. The Morgan fingerprint density at radius 2 is 1.75 bits per heavy atom. The van der Waals surface area contributed by atoms with Crippen LogP contribution in [0, 0.1) is 10.5 Å². The van der Waals surface area contributed by atoms with Gasteiger partial charge in [0.25, 0.3) is 0 Å². The van der Waals surface area contributed by atoms with Crippen LogP contribution >= 0.6 is 22.6 Å². The van der Waals surface area contributed by atoms with Crippen LogP contribution in [0.3, 0.4) is 0 Å². The number of ether oxygens (including phenoxy) is 5. The Morgan fingerprint density at radius 1 is 1.08 bits per heavy atom. The van der Waals surface area contributed by atoms with Crippen molar-refractivity contribution in [3.05, 3.63) is 15.2 Å². The molecule has 1 aromatic rings. The van der Waals surface area contributed by atoms with Gasteiger partial charge in [-0.05, 0) is 48.1 Å². The van der Waals surface area contributed by atoms with Crippen molar-refractivity contribution in [3.8, 4) is 17.2 Å². The monoisotopic (exact) mass is 454 g/mol. The minimum Gasteiger partial charge on any atom is -0.493 e. The lowest BCUT2D eigenvalue weighted by atomic mass is 10.00. The Kier molecular flexibility index (Phi) is 6.54. The average molecular weight is 454 g/mol. The van der Waals surface area contributed by atoms with Gasteiger partial charge in [-0.1, -0.05) is 0 Å². The van der Waals surface area contributed by atoms with Crippen molar-refractivity contribution in [1.29, 1.82) is 0 Å². The van der Waals surface area contributed by atoms with Gasteiger partial charge in [-0.3, -0.25) is 0 Å². The van der Waals surface area contributed by atoms with Crippen molar-refractivity contribution in [3.63, 3.8) is 0 Å². The van der Waals surface area contributed by atoms with E-state index in [1.807, 2.05) is 13.0 Å². The molecule has 7 nitrogen and oxygen atoms in total. The summed E-state index contributed by atoms with van der Waals surface area (Å²) >= 11 is 2.14. The summed E-state index contributed by atoms with van der Waals surface area (Å²) in [6.45, 7) is 3.61. The Hall–Kier alpha value is -0.810. The third kappa shape index (κ3) is 3.57. The molecule has 1 saturated heterocycles. The zero-order valence-corrected chi connectivity index (χ0v) is 16.4. The first-order chi connectivity index (χ1) is 11.3. The normalized spacial score (nSPS) is 30.1. The fourth-order valence-corrected chi connectivity index (χ4v) is 3.18. The van der Waals surface area contributed by atoms with Crippen LogP contribution in [0.25, 0.3) is 0 Å². The zero-order chi connectivity index (χ0) is 18.0. The van der Waals surface area contributed by atoms with Crippen molar-refractivity contribution >= 4 is 22.6 Å². The second-order valence-corrected chi connectivity index (χ2v) is 6.66. The smallest absolute Gasteiger partial charge is 0.229 e. The number of aliphatic hydroxyl groups excluding tert-OH is 2.